The molecular formula is C27H27FN6O7. The fourth-order valence-corrected chi connectivity index (χ4v) is 4.47. The average molecular weight is 567 g/mol. The van der Waals surface area contributed by atoms with E-state index in [1.807, 2.05) is 0 Å². The van der Waals surface area contributed by atoms with Gasteiger partial charge in [-0.05, 0) is 35.4 Å². The number of ether oxygens (including phenoxy) is 1. The number of carbonyl (C=O) groups is 1. The Bertz CT molecular complexity index is 1580. The van der Waals surface area contributed by atoms with Crippen LogP contribution in [0.3, 0.4) is 0 Å². The number of aliphatic hydroxyl groups excluding tert-OH is 3. The maximum Gasteiger partial charge on any atom is 0.255 e. The van der Waals surface area contributed by atoms with Crippen LogP contribution in [0.1, 0.15) is 16.6 Å². The van der Waals surface area contributed by atoms with Gasteiger partial charge < -0.3 is 40.9 Å². The van der Waals surface area contributed by atoms with Crippen LogP contribution in [0.25, 0.3) is 22.3 Å². The van der Waals surface area contributed by atoms with Crippen molar-refractivity contribution in [3.05, 3.63) is 72.6 Å². The lowest BCUT2D eigenvalue weighted by Gasteiger charge is -2.16. The van der Waals surface area contributed by atoms with E-state index < -0.39 is 47.8 Å². The minimum Gasteiger partial charge on any atom is -0.504 e. The van der Waals surface area contributed by atoms with Crippen molar-refractivity contribution in [1.29, 1.82) is 0 Å². The van der Waals surface area contributed by atoms with Gasteiger partial charge >= 0.3 is 0 Å². The number of hydrogen-bond donors (Lipinski definition) is 7. The fraction of sp³-hybridized carbons (Fsp3) is 0.259. The lowest BCUT2D eigenvalue weighted by molar-refractivity contribution is -0.0245. The highest BCUT2D eigenvalue weighted by Gasteiger charge is 2.43. The van der Waals surface area contributed by atoms with Gasteiger partial charge in [0.1, 0.15) is 30.5 Å². The number of halogens is 1. The van der Waals surface area contributed by atoms with Crippen molar-refractivity contribution in [2.24, 2.45) is 0 Å². The molecule has 7 N–H and O–H groups in total. The predicted molar refractivity (Wildman–Crippen MR) is 143 cm³/mol. The molecule has 0 radical (unpaired) electrons. The number of rotatable bonds is 9. The number of hydrogen-bond acceptors (Lipinski definition) is 11. The van der Waals surface area contributed by atoms with Crippen LogP contribution in [-0.4, -0.2) is 89.0 Å². The number of aliphatic hydroxyl groups is 3. The van der Waals surface area contributed by atoms with Crippen LogP contribution in [-0.2, 0) is 4.74 Å². The number of phenols is 2. The van der Waals surface area contributed by atoms with Gasteiger partial charge in [0.05, 0.1) is 18.5 Å². The molecule has 1 saturated heterocycles. The Labute approximate surface area is 232 Å². The zero-order valence-corrected chi connectivity index (χ0v) is 21.4. The second kappa shape index (κ2) is 11.9. The summed E-state index contributed by atoms with van der Waals surface area (Å²) in [5.41, 5.74) is 1.49. The summed E-state index contributed by atoms with van der Waals surface area (Å²) in [5.74, 6) is -1.85. The zero-order valence-electron chi connectivity index (χ0n) is 21.4. The van der Waals surface area contributed by atoms with Crippen LogP contribution in [0.4, 0.5) is 10.2 Å². The van der Waals surface area contributed by atoms with Crippen molar-refractivity contribution in [3.8, 4) is 22.6 Å². The molecule has 4 aromatic rings. The summed E-state index contributed by atoms with van der Waals surface area (Å²) in [6.07, 6.45) is 1.10. The van der Waals surface area contributed by atoms with Crippen molar-refractivity contribution >= 4 is 22.9 Å². The quantitative estimate of drug-likeness (QED) is 0.113. The minimum absolute atomic E-state index is 0.0335. The van der Waals surface area contributed by atoms with Gasteiger partial charge in [-0.1, -0.05) is 24.3 Å². The summed E-state index contributed by atoms with van der Waals surface area (Å²) in [6, 6.07) is 8.07. The van der Waals surface area contributed by atoms with Crippen LogP contribution in [0.5, 0.6) is 11.5 Å². The van der Waals surface area contributed by atoms with Crippen LogP contribution in [0.15, 0.2) is 61.2 Å². The second-order valence-corrected chi connectivity index (χ2v) is 9.21. The molecule has 2 aromatic carbocycles. The first-order valence-corrected chi connectivity index (χ1v) is 12.6. The molecule has 4 atom stereocenters. The number of carbonyl (C=O) groups excluding carboxylic acids is 1. The Morgan fingerprint density at radius 1 is 1.07 bits per heavy atom. The molecular weight excluding hydrogens is 539 g/mol. The third kappa shape index (κ3) is 5.67. The topological polar surface area (TPSA) is 195 Å². The first-order chi connectivity index (χ1) is 19.8. The number of fused-ring (bicyclic) bond motifs is 1. The summed E-state index contributed by atoms with van der Waals surface area (Å²) in [6.45, 7) is 0.113. The van der Waals surface area contributed by atoms with Gasteiger partial charge in [-0.3, -0.25) is 9.36 Å². The summed E-state index contributed by atoms with van der Waals surface area (Å²) >= 11 is 0. The molecule has 1 aliphatic heterocycles. The fourth-order valence-electron chi connectivity index (χ4n) is 4.47. The number of amides is 1. The molecule has 0 spiro atoms. The van der Waals surface area contributed by atoms with E-state index in [1.54, 1.807) is 0 Å². The standard InChI is InChI=1S/C27H27FN6O7/c28-16-5-3-14(4-6-16)15-10-17(21(37)18(36)11-15)26(40)30-7-1-2-19-22(38)23(39)27(41-19)34-13-33-20-24(29-8-9-35)31-12-32-25(20)34/h1-6,10-13,19,22-23,27,35-39H,7-9H2,(H,30,40)(H,29,31,32)/b2-1-/t19-,22-,23-,27-/m1/s1. The predicted octanol–water partition coefficient (Wildman–Crippen LogP) is 1.05. The Balaban J connectivity index is 1.25. The van der Waals surface area contributed by atoms with Gasteiger partial charge in [0.15, 0.2) is 34.7 Å². The molecule has 2 aromatic heterocycles. The highest BCUT2D eigenvalue weighted by atomic mass is 19.1. The molecule has 1 amide bonds. The molecule has 5 rings (SSSR count). The SMILES string of the molecule is O=C(NC/C=C\[C@H]1O[C@@H](n2cnc3c(NCCO)ncnc32)[C@H](O)[C@@H]1O)c1cc(-c2ccc(F)cc2)cc(O)c1O. The Morgan fingerprint density at radius 2 is 1.85 bits per heavy atom. The van der Waals surface area contributed by atoms with Gasteiger partial charge in [-0.25, -0.2) is 19.3 Å². The molecule has 0 saturated carbocycles. The second-order valence-electron chi connectivity index (χ2n) is 9.21. The van der Waals surface area contributed by atoms with Crippen LogP contribution >= 0.6 is 0 Å². The summed E-state index contributed by atoms with van der Waals surface area (Å²) in [7, 11) is 0. The lowest BCUT2D eigenvalue weighted by atomic mass is 10.0. The number of imidazole rings is 1. The highest BCUT2D eigenvalue weighted by molar-refractivity contribution is 5.99. The molecule has 0 aliphatic carbocycles. The van der Waals surface area contributed by atoms with E-state index in [-0.39, 0.29) is 25.3 Å². The molecule has 1 aliphatic rings. The van der Waals surface area contributed by atoms with E-state index in [0.29, 0.717) is 28.1 Å². The Hall–Kier alpha value is -4.63. The van der Waals surface area contributed by atoms with E-state index in [4.69, 9.17) is 9.84 Å². The van der Waals surface area contributed by atoms with E-state index in [2.05, 4.69) is 25.6 Å². The van der Waals surface area contributed by atoms with Gasteiger partial charge in [0.2, 0.25) is 0 Å². The van der Waals surface area contributed by atoms with Gasteiger partial charge in [-0.2, -0.15) is 0 Å². The molecule has 214 valence electrons. The third-order valence-corrected chi connectivity index (χ3v) is 6.53. The van der Waals surface area contributed by atoms with Gasteiger partial charge in [0, 0.05) is 13.1 Å². The van der Waals surface area contributed by atoms with E-state index in [0.717, 1.165) is 0 Å². The molecule has 1 fully saturated rings. The number of benzene rings is 2. The maximum absolute atomic E-state index is 13.3. The molecule has 0 unspecified atom stereocenters. The number of aromatic hydroxyl groups is 2. The number of aromatic nitrogens is 4. The normalized spacial score (nSPS) is 20.6. The molecule has 0 bridgehead atoms. The minimum atomic E-state index is -1.32. The maximum atomic E-state index is 13.3. The summed E-state index contributed by atoms with van der Waals surface area (Å²) in [4.78, 5) is 25.3. The summed E-state index contributed by atoms with van der Waals surface area (Å²) < 4.78 is 20.6. The Morgan fingerprint density at radius 3 is 2.61 bits per heavy atom. The lowest BCUT2D eigenvalue weighted by Crippen LogP contribution is -2.31. The van der Waals surface area contributed by atoms with Crippen molar-refractivity contribution in [3.63, 3.8) is 0 Å². The van der Waals surface area contributed by atoms with E-state index in [9.17, 15) is 29.6 Å². The van der Waals surface area contributed by atoms with Crippen molar-refractivity contribution < 1.29 is 39.5 Å². The third-order valence-electron chi connectivity index (χ3n) is 6.53. The highest BCUT2D eigenvalue weighted by Crippen LogP contribution is 2.35. The van der Waals surface area contributed by atoms with Crippen molar-refractivity contribution in [1.82, 2.24) is 24.8 Å². The summed E-state index contributed by atoms with van der Waals surface area (Å²) in [5, 5.41) is 56.2. The molecule has 41 heavy (non-hydrogen) atoms. The molecule has 14 heteroatoms. The molecule has 13 nitrogen and oxygen atoms in total. The largest absolute Gasteiger partial charge is 0.504 e. The average Bonchev–Trinajstić information content (AvgIpc) is 3.52. The number of nitrogens with one attached hydrogen (secondary N) is 2. The van der Waals surface area contributed by atoms with Gasteiger partial charge in [0.25, 0.3) is 5.91 Å². The first kappa shape index (κ1) is 27.9. The van der Waals surface area contributed by atoms with Crippen molar-refractivity contribution in [2.75, 3.05) is 25.0 Å². The smallest absolute Gasteiger partial charge is 0.255 e. The first-order valence-electron chi connectivity index (χ1n) is 12.6. The molecule has 3 heterocycles. The monoisotopic (exact) mass is 566 g/mol. The van der Waals surface area contributed by atoms with Gasteiger partial charge in [-0.15, -0.1) is 0 Å². The van der Waals surface area contributed by atoms with Crippen LogP contribution in [0.2, 0.25) is 0 Å². The zero-order chi connectivity index (χ0) is 29.1. The number of phenolic OH excluding ortho intramolecular Hbond substituents is 2. The van der Waals surface area contributed by atoms with Crippen LogP contribution < -0.4 is 10.6 Å². The van der Waals surface area contributed by atoms with E-state index in [1.165, 1.54) is 65.8 Å². The number of nitrogens with zero attached hydrogens (tertiary/aromatic N) is 4. The number of anilines is 1. The van der Waals surface area contributed by atoms with E-state index >= 15 is 0 Å². The van der Waals surface area contributed by atoms with Crippen LogP contribution in [0, 0.1) is 5.82 Å². The Kier molecular flexibility index (Phi) is 8.07. The van der Waals surface area contributed by atoms with Crippen molar-refractivity contribution in [2.45, 2.75) is 24.5 Å².